The molecule has 6 heteroatoms. The van der Waals surface area contributed by atoms with E-state index in [9.17, 15) is 6.37 Å². The minimum atomic E-state index is -4.87. The molecule has 0 heterocycles. The van der Waals surface area contributed by atoms with E-state index < -0.39 is 30.3 Å². The first-order valence-electron chi connectivity index (χ1n) is 8.44. The fourth-order valence-electron chi connectivity index (χ4n) is 4.01. The Morgan fingerprint density at radius 3 is 1.67 bits per heavy atom. The molecule has 0 aliphatic heterocycles. The molecule has 126 valence electrons. The summed E-state index contributed by atoms with van der Waals surface area (Å²) in [5, 5.41) is 0. The predicted octanol–water partition coefficient (Wildman–Crippen LogP) is 4.33. The first kappa shape index (κ1) is 20.0. The van der Waals surface area contributed by atoms with E-state index in [1.54, 1.807) is 0 Å². The van der Waals surface area contributed by atoms with Crippen molar-refractivity contribution in [2.75, 3.05) is 0 Å². The summed E-state index contributed by atoms with van der Waals surface area (Å²) < 4.78 is 32.9. The molecule has 0 atom stereocenters. The molecule has 1 aliphatic carbocycles. The Hall–Kier alpha value is 0.940. The fraction of sp³-hybridized carbons (Fsp3) is 1.00. The van der Waals surface area contributed by atoms with Gasteiger partial charge in [-0.2, -0.15) is 0 Å². The first-order chi connectivity index (χ1) is 9.62. The Morgan fingerprint density at radius 2 is 1.29 bits per heavy atom. The summed E-state index contributed by atoms with van der Waals surface area (Å²) >= 11 is -4.87. The molecule has 0 saturated heterocycles. The molecular formula is C15H34O4SiZr. The third-order valence-electron chi connectivity index (χ3n) is 4.89. The van der Waals surface area contributed by atoms with Crippen molar-refractivity contribution in [3.63, 3.8) is 0 Å². The molecule has 21 heavy (non-hydrogen) atoms. The van der Waals surface area contributed by atoms with Crippen molar-refractivity contribution in [3.8, 4) is 0 Å². The standard InChI is InChI=1S/C9H21OSi.C6H11O.2H2O.Zr/c1-7(2)11(10,8(3)4)9(5)6;7-6-4-2-1-3-5-6;;;/h7-9H,1-6H3;6H,1-5H2;2*1H2;/q2*-1;;;+4/p-2. The van der Waals surface area contributed by atoms with Gasteiger partial charge in [0.05, 0.1) is 0 Å². The van der Waals surface area contributed by atoms with E-state index >= 15 is 0 Å². The molecule has 0 radical (unpaired) electrons. The number of hydrogen-bond acceptors (Lipinski definition) is 4. The van der Waals surface area contributed by atoms with E-state index in [1.165, 1.54) is 6.42 Å². The van der Waals surface area contributed by atoms with Gasteiger partial charge in [-0.1, -0.05) is 0 Å². The van der Waals surface area contributed by atoms with Gasteiger partial charge >= 0.3 is 138 Å². The Labute approximate surface area is 138 Å². The molecule has 0 spiro atoms. The van der Waals surface area contributed by atoms with E-state index in [1.807, 2.05) is 0 Å². The number of rotatable bonds is 7. The fourth-order valence-corrected chi connectivity index (χ4v) is 19.8. The predicted molar refractivity (Wildman–Crippen MR) is 84.5 cm³/mol. The summed E-state index contributed by atoms with van der Waals surface area (Å²) in [4.78, 5) is 0. The summed E-state index contributed by atoms with van der Waals surface area (Å²) in [6.07, 6.45) is 5.32. The molecule has 0 aromatic rings. The van der Waals surface area contributed by atoms with Gasteiger partial charge in [0.2, 0.25) is 0 Å². The molecule has 0 aromatic heterocycles. The Kier molecular flexibility index (Phi) is 7.77. The van der Waals surface area contributed by atoms with Gasteiger partial charge in [0.1, 0.15) is 0 Å². The molecule has 0 unspecified atom stereocenters. The minimum absolute atomic E-state index is 0.0114. The molecule has 0 amide bonds. The van der Waals surface area contributed by atoms with Crippen LogP contribution in [0.25, 0.3) is 0 Å². The molecule has 2 N–H and O–H groups in total. The molecule has 1 rings (SSSR count). The van der Waals surface area contributed by atoms with Crippen LogP contribution in [0.3, 0.4) is 0 Å². The van der Waals surface area contributed by atoms with Crippen molar-refractivity contribution in [2.24, 2.45) is 0 Å². The van der Waals surface area contributed by atoms with Crippen LogP contribution in [0, 0.1) is 0 Å². The zero-order valence-electron chi connectivity index (χ0n) is 14.6. The van der Waals surface area contributed by atoms with Crippen LogP contribution in [0.1, 0.15) is 73.6 Å². The summed E-state index contributed by atoms with van der Waals surface area (Å²) in [7, 11) is -2.28. The van der Waals surface area contributed by atoms with Crippen LogP contribution in [0.5, 0.6) is 0 Å². The zero-order chi connectivity index (χ0) is 16.3. The van der Waals surface area contributed by atoms with Gasteiger partial charge in [0.25, 0.3) is 0 Å². The van der Waals surface area contributed by atoms with Crippen molar-refractivity contribution < 1.29 is 33.7 Å². The van der Waals surface area contributed by atoms with Gasteiger partial charge in [0.15, 0.2) is 0 Å². The molecule has 4 nitrogen and oxygen atoms in total. The van der Waals surface area contributed by atoms with Crippen LogP contribution in [0.4, 0.5) is 0 Å². The maximum atomic E-state index is 10.5. The van der Waals surface area contributed by atoms with E-state index in [-0.39, 0.29) is 6.10 Å². The average Bonchev–Trinajstić information content (AvgIpc) is 2.35. The van der Waals surface area contributed by atoms with E-state index in [4.69, 9.17) is 5.32 Å². The molecule has 0 bridgehead atoms. The van der Waals surface area contributed by atoms with Gasteiger partial charge in [0, 0.05) is 0 Å². The quantitative estimate of drug-likeness (QED) is 0.628. The number of hydrogen-bond donors (Lipinski definition) is 2. The average molecular weight is 398 g/mol. The van der Waals surface area contributed by atoms with Gasteiger partial charge < -0.3 is 0 Å². The topological polar surface area (TPSA) is 58.9 Å². The zero-order valence-corrected chi connectivity index (χ0v) is 18.0. The van der Waals surface area contributed by atoms with E-state index in [2.05, 4.69) is 41.5 Å². The third kappa shape index (κ3) is 5.22. The van der Waals surface area contributed by atoms with E-state index in [0.29, 0.717) is 16.6 Å². The Bertz CT molecular complexity index is 293. The van der Waals surface area contributed by atoms with Gasteiger partial charge in [-0.15, -0.1) is 0 Å². The van der Waals surface area contributed by atoms with Crippen LogP contribution in [-0.2, 0) is 27.3 Å². The second kappa shape index (κ2) is 8.16. The normalized spacial score (nSPS) is 19.0. The van der Waals surface area contributed by atoms with Crippen molar-refractivity contribution in [3.05, 3.63) is 0 Å². The second-order valence-corrected chi connectivity index (χ2v) is 17.5. The molecule has 0 aromatic carbocycles. The van der Waals surface area contributed by atoms with Crippen LogP contribution >= 0.6 is 0 Å². The van der Waals surface area contributed by atoms with Crippen molar-refractivity contribution in [2.45, 2.75) is 96.4 Å². The summed E-state index contributed by atoms with van der Waals surface area (Å²) in [5.74, 6) is 0. The van der Waals surface area contributed by atoms with Gasteiger partial charge in [-0.25, -0.2) is 0 Å². The van der Waals surface area contributed by atoms with Crippen LogP contribution in [-0.4, -0.2) is 20.8 Å². The van der Waals surface area contributed by atoms with E-state index in [0.717, 1.165) is 25.7 Å². The summed E-state index contributed by atoms with van der Waals surface area (Å²) in [6.45, 7) is 12.9. The summed E-state index contributed by atoms with van der Waals surface area (Å²) in [5.41, 5.74) is 1.01. The van der Waals surface area contributed by atoms with Gasteiger partial charge in [-0.3, -0.25) is 0 Å². The van der Waals surface area contributed by atoms with Crippen molar-refractivity contribution in [1.29, 1.82) is 0 Å². The summed E-state index contributed by atoms with van der Waals surface area (Å²) in [6, 6.07) is 0. The molecular weight excluding hydrogens is 363 g/mol. The first-order valence-corrected chi connectivity index (χ1v) is 14.8. The van der Waals surface area contributed by atoms with Crippen LogP contribution in [0.2, 0.25) is 16.6 Å². The SMILES string of the molecule is CC(C)[Si]([O][Zr]([OH])([OH])[O]C1CCCCC1)(C(C)C)C(C)C. The van der Waals surface area contributed by atoms with Crippen LogP contribution < -0.4 is 0 Å². The second-order valence-electron chi connectivity index (χ2n) is 7.35. The molecule has 1 saturated carbocycles. The van der Waals surface area contributed by atoms with Gasteiger partial charge in [-0.05, 0) is 0 Å². The third-order valence-corrected chi connectivity index (χ3v) is 17.1. The maximum absolute atomic E-state index is 10.5. The van der Waals surface area contributed by atoms with Crippen LogP contribution in [0.15, 0.2) is 0 Å². The Morgan fingerprint density at radius 1 is 0.857 bits per heavy atom. The molecule has 1 fully saturated rings. The molecule has 1 aliphatic rings. The Balaban J connectivity index is 2.84. The van der Waals surface area contributed by atoms with Crippen molar-refractivity contribution >= 4 is 8.32 Å². The monoisotopic (exact) mass is 396 g/mol. The van der Waals surface area contributed by atoms with Crippen molar-refractivity contribution in [1.82, 2.24) is 0 Å².